The van der Waals surface area contributed by atoms with Crippen LogP contribution in [0.3, 0.4) is 0 Å². The van der Waals surface area contributed by atoms with Crippen LogP contribution < -0.4 is 11.1 Å². The third kappa shape index (κ3) is 3.60. The Bertz CT molecular complexity index is 467. The van der Waals surface area contributed by atoms with Crippen LogP contribution in [-0.2, 0) is 0 Å². The SMILES string of the molecule is CC(C)CN=C(N)N[C@@H]1C[C@H]1c1c(F)cccc1Cl. The number of nitrogens with zero attached hydrogens (tertiary/aromatic N) is 1. The van der Waals surface area contributed by atoms with Crippen molar-refractivity contribution >= 4 is 17.6 Å². The molecule has 0 spiro atoms. The number of nitrogens with one attached hydrogen (secondary N) is 1. The molecule has 1 fully saturated rings. The van der Waals surface area contributed by atoms with Gasteiger partial charge >= 0.3 is 0 Å². The van der Waals surface area contributed by atoms with Gasteiger partial charge in [-0.15, -0.1) is 0 Å². The van der Waals surface area contributed by atoms with Crippen LogP contribution in [0, 0.1) is 11.7 Å². The predicted molar refractivity (Wildman–Crippen MR) is 77.0 cm³/mol. The molecule has 0 aromatic heterocycles. The van der Waals surface area contributed by atoms with Gasteiger partial charge in [0.05, 0.1) is 0 Å². The minimum Gasteiger partial charge on any atom is -0.370 e. The van der Waals surface area contributed by atoms with E-state index in [2.05, 4.69) is 24.2 Å². The molecule has 0 aliphatic heterocycles. The number of hydrogen-bond acceptors (Lipinski definition) is 1. The number of hydrogen-bond donors (Lipinski definition) is 2. The van der Waals surface area contributed by atoms with Crippen LogP contribution in [0.2, 0.25) is 5.02 Å². The van der Waals surface area contributed by atoms with Gasteiger partial charge < -0.3 is 11.1 Å². The zero-order valence-corrected chi connectivity index (χ0v) is 11.9. The summed E-state index contributed by atoms with van der Waals surface area (Å²) in [7, 11) is 0. The van der Waals surface area contributed by atoms with Gasteiger partial charge in [0.25, 0.3) is 0 Å². The lowest BCUT2D eigenvalue weighted by Crippen LogP contribution is -2.34. The second-order valence-electron chi connectivity index (χ2n) is 5.35. The average molecular weight is 284 g/mol. The normalized spacial score (nSPS) is 22.7. The van der Waals surface area contributed by atoms with Crippen molar-refractivity contribution in [2.24, 2.45) is 16.6 Å². The summed E-state index contributed by atoms with van der Waals surface area (Å²) in [6, 6.07) is 4.90. The highest BCUT2D eigenvalue weighted by molar-refractivity contribution is 6.31. The first kappa shape index (κ1) is 14.1. The summed E-state index contributed by atoms with van der Waals surface area (Å²) in [5.41, 5.74) is 6.37. The van der Waals surface area contributed by atoms with Gasteiger partial charge in [0.2, 0.25) is 0 Å². The minimum absolute atomic E-state index is 0.0847. The Morgan fingerprint density at radius 1 is 1.58 bits per heavy atom. The third-order valence-corrected chi connectivity index (χ3v) is 3.45. The number of benzene rings is 1. The molecule has 2 atom stereocenters. The second kappa shape index (κ2) is 5.78. The molecule has 104 valence electrons. The highest BCUT2D eigenvalue weighted by Crippen LogP contribution is 2.44. The molecule has 3 N–H and O–H groups in total. The summed E-state index contributed by atoms with van der Waals surface area (Å²) >= 11 is 6.04. The zero-order valence-electron chi connectivity index (χ0n) is 11.2. The average Bonchev–Trinajstić information content (AvgIpc) is 3.05. The summed E-state index contributed by atoms with van der Waals surface area (Å²) in [6.45, 7) is 4.85. The number of guanidine groups is 1. The molecule has 0 heterocycles. The molecule has 1 aliphatic rings. The molecule has 3 nitrogen and oxygen atoms in total. The van der Waals surface area contributed by atoms with Crippen molar-refractivity contribution in [2.75, 3.05) is 6.54 Å². The van der Waals surface area contributed by atoms with E-state index in [9.17, 15) is 4.39 Å². The fourth-order valence-electron chi connectivity index (χ4n) is 2.06. The first-order valence-electron chi connectivity index (χ1n) is 6.49. The summed E-state index contributed by atoms with van der Waals surface area (Å²) in [5.74, 6) is 0.728. The van der Waals surface area contributed by atoms with Gasteiger partial charge in [-0.2, -0.15) is 0 Å². The van der Waals surface area contributed by atoms with Gasteiger partial charge in [0.1, 0.15) is 5.82 Å². The van der Waals surface area contributed by atoms with Crippen molar-refractivity contribution in [2.45, 2.75) is 32.2 Å². The molecule has 0 unspecified atom stereocenters. The molecule has 0 bridgehead atoms. The van der Waals surface area contributed by atoms with E-state index in [0.29, 0.717) is 29.0 Å². The van der Waals surface area contributed by atoms with Gasteiger partial charge in [-0.25, -0.2) is 4.39 Å². The molecular formula is C14H19ClFN3. The maximum Gasteiger partial charge on any atom is 0.188 e. The largest absolute Gasteiger partial charge is 0.370 e. The number of halogens is 2. The van der Waals surface area contributed by atoms with Crippen molar-refractivity contribution in [3.8, 4) is 0 Å². The first-order chi connectivity index (χ1) is 8.99. The molecule has 1 aromatic rings. The van der Waals surface area contributed by atoms with Gasteiger partial charge in [0.15, 0.2) is 5.96 Å². The van der Waals surface area contributed by atoms with Crippen LogP contribution in [0.4, 0.5) is 4.39 Å². The van der Waals surface area contributed by atoms with E-state index in [-0.39, 0.29) is 17.8 Å². The number of aliphatic imine (C=N–C) groups is 1. The molecule has 0 saturated heterocycles. The van der Waals surface area contributed by atoms with E-state index in [4.69, 9.17) is 17.3 Å². The van der Waals surface area contributed by atoms with E-state index >= 15 is 0 Å². The maximum atomic E-state index is 13.7. The van der Waals surface area contributed by atoms with Gasteiger partial charge in [-0.05, 0) is 24.5 Å². The lowest BCUT2D eigenvalue weighted by Gasteiger charge is -2.08. The van der Waals surface area contributed by atoms with Crippen LogP contribution >= 0.6 is 11.6 Å². The Balaban J connectivity index is 1.96. The molecule has 2 rings (SSSR count). The highest BCUT2D eigenvalue weighted by Gasteiger charge is 2.41. The lowest BCUT2D eigenvalue weighted by molar-refractivity contribution is 0.608. The van der Waals surface area contributed by atoms with E-state index in [0.717, 1.165) is 6.42 Å². The topological polar surface area (TPSA) is 50.4 Å². The van der Waals surface area contributed by atoms with E-state index in [1.165, 1.54) is 6.07 Å². The Morgan fingerprint density at radius 3 is 2.95 bits per heavy atom. The summed E-state index contributed by atoms with van der Waals surface area (Å²) in [4.78, 5) is 4.23. The van der Waals surface area contributed by atoms with Crippen LogP contribution in [0.5, 0.6) is 0 Å². The summed E-state index contributed by atoms with van der Waals surface area (Å²) in [5, 5.41) is 3.59. The standard InChI is InChI=1S/C14H19ClFN3/c1-8(2)7-18-14(17)19-12-6-9(12)13-10(15)4-3-5-11(13)16/h3-5,8-9,12H,6-7H2,1-2H3,(H3,17,18,19)/t9-,12-/m1/s1. The Morgan fingerprint density at radius 2 is 2.32 bits per heavy atom. The summed E-state index contributed by atoms with van der Waals surface area (Å²) < 4.78 is 13.7. The molecular weight excluding hydrogens is 265 g/mol. The van der Waals surface area contributed by atoms with Gasteiger partial charge in [-0.1, -0.05) is 31.5 Å². The Kier molecular flexibility index (Phi) is 4.30. The quantitative estimate of drug-likeness (QED) is 0.659. The van der Waals surface area contributed by atoms with Gasteiger partial charge in [-0.3, -0.25) is 4.99 Å². The molecule has 1 aliphatic carbocycles. The molecule has 5 heteroatoms. The van der Waals surface area contributed by atoms with Crippen molar-refractivity contribution < 1.29 is 4.39 Å². The van der Waals surface area contributed by atoms with Crippen molar-refractivity contribution in [1.29, 1.82) is 0 Å². The smallest absolute Gasteiger partial charge is 0.188 e. The molecule has 19 heavy (non-hydrogen) atoms. The fourth-order valence-corrected chi connectivity index (χ4v) is 2.36. The van der Waals surface area contributed by atoms with Crippen LogP contribution in [0.15, 0.2) is 23.2 Å². The monoisotopic (exact) mass is 283 g/mol. The summed E-state index contributed by atoms with van der Waals surface area (Å²) in [6.07, 6.45) is 0.832. The van der Waals surface area contributed by atoms with E-state index < -0.39 is 0 Å². The van der Waals surface area contributed by atoms with Crippen molar-refractivity contribution in [3.05, 3.63) is 34.6 Å². The van der Waals surface area contributed by atoms with Crippen LogP contribution in [0.1, 0.15) is 31.7 Å². The van der Waals surface area contributed by atoms with Crippen LogP contribution in [0.25, 0.3) is 0 Å². The zero-order chi connectivity index (χ0) is 14.0. The van der Waals surface area contributed by atoms with Crippen LogP contribution in [-0.4, -0.2) is 18.5 Å². The van der Waals surface area contributed by atoms with Gasteiger partial charge in [0, 0.05) is 29.1 Å². The van der Waals surface area contributed by atoms with E-state index in [1.54, 1.807) is 12.1 Å². The molecule has 1 saturated carbocycles. The number of rotatable bonds is 4. The Hall–Kier alpha value is -1.29. The second-order valence-corrected chi connectivity index (χ2v) is 5.76. The lowest BCUT2D eigenvalue weighted by atomic mass is 10.1. The molecule has 0 radical (unpaired) electrons. The molecule has 0 amide bonds. The fraction of sp³-hybridized carbons (Fsp3) is 0.500. The predicted octanol–water partition coefficient (Wildman–Crippen LogP) is 2.90. The highest BCUT2D eigenvalue weighted by atomic mass is 35.5. The Labute approximate surface area is 118 Å². The maximum absolute atomic E-state index is 13.7. The minimum atomic E-state index is -0.250. The van der Waals surface area contributed by atoms with Crippen molar-refractivity contribution in [1.82, 2.24) is 5.32 Å². The number of nitrogens with two attached hydrogens (primary N) is 1. The third-order valence-electron chi connectivity index (χ3n) is 3.12. The molecule has 1 aromatic carbocycles. The van der Waals surface area contributed by atoms with E-state index in [1.807, 2.05) is 0 Å². The van der Waals surface area contributed by atoms with Crippen molar-refractivity contribution in [3.63, 3.8) is 0 Å². The first-order valence-corrected chi connectivity index (χ1v) is 6.87.